The molecule has 2 N–H and O–H groups in total. The number of carbonyl (C=O) groups is 1. The van der Waals surface area contributed by atoms with Crippen LogP contribution in [0.2, 0.25) is 0 Å². The van der Waals surface area contributed by atoms with Crippen LogP contribution < -0.4 is 10.6 Å². The summed E-state index contributed by atoms with van der Waals surface area (Å²) in [4.78, 5) is 20.5. The van der Waals surface area contributed by atoms with Gasteiger partial charge in [0.2, 0.25) is 0 Å². The predicted molar refractivity (Wildman–Crippen MR) is 97.9 cm³/mol. The van der Waals surface area contributed by atoms with E-state index in [2.05, 4.69) is 36.5 Å². The Labute approximate surface area is 148 Å². The van der Waals surface area contributed by atoms with Crippen LogP contribution in [0, 0.1) is 0 Å². The molecule has 120 valence electrons. The third-order valence-electron chi connectivity index (χ3n) is 3.36. The molecule has 3 rings (SSSR count). The fraction of sp³-hybridized carbons (Fsp3) is 0.0556. The molecule has 0 radical (unpaired) electrons. The van der Waals surface area contributed by atoms with Gasteiger partial charge >= 0.3 is 0 Å². The lowest BCUT2D eigenvalue weighted by Gasteiger charge is -2.09. The van der Waals surface area contributed by atoms with Crippen molar-refractivity contribution in [3.8, 4) is 0 Å². The predicted octanol–water partition coefficient (Wildman–Crippen LogP) is 4.10. The lowest BCUT2D eigenvalue weighted by atomic mass is 10.2. The van der Waals surface area contributed by atoms with Crippen LogP contribution in [0.25, 0.3) is 0 Å². The number of nitrogens with one attached hydrogen (secondary N) is 2. The highest BCUT2D eigenvalue weighted by atomic mass is 79.9. The van der Waals surface area contributed by atoms with Gasteiger partial charge in [-0.1, -0.05) is 12.1 Å². The van der Waals surface area contributed by atoms with E-state index in [1.54, 1.807) is 24.7 Å². The molecule has 5 nitrogen and oxygen atoms in total. The topological polar surface area (TPSA) is 66.9 Å². The van der Waals surface area contributed by atoms with Gasteiger partial charge in [0.05, 0.1) is 5.69 Å². The summed E-state index contributed by atoms with van der Waals surface area (Å²) in [6.45, 7) is 0.651. The Balaban J connectivity index is 1.68. The lowest BCUT2D eigenvalue weighted by Crippen LogP contribution is -2.14. The van der Waals surface area contributed by atoms with E-state index in [1.165, 1.54) is 0 Å². The minimum atomic E-state index is -0.255. The molecule has 0 fully saturated rings. The zero-order chi connectivity index (χ0) is 16.8. The van der Waals surface area contributed by atoms with Crippen LogP contribution in [0.3, 0.4) is 0 Å². The summed E-state index contributed by atoms with van der Waals surface area (Å²) < 4.78 is 0.824. The molecule has 2 heterocycles. The molecule has 1 aromatic carbocycles. The van der Waals surface area contributed by atoms with E-state index in [4.69, 9.17) is 0 Å². The van der Waals surface area contributed by atoms with Crippen LogP contribution in [0.1, 0.15) is 16.1 Å². The first-order valence-corrected chi connectivity index (χ1v) is 8.16. The monoisotopic (exact) mass is 382 g/mol. The van der Waals surface area contributed by atoms with Crippen LogP contribution in [-0.2, 0) is 6.54 Å². The first-order chi connectivity index (χ1) is 11.7. The summed E-state index contributed by atoms with van der Waals surface area (Å²) in [7, 11) is 0. The third kappa shape index (κ3) is 4.17. The van der Waals surface area contributed by atoms with E-state index in [1.807, 2.05) is 42.5 Å². The smallest absolute Gasteiger partial charge is 0.274 e. The van der Waals surface area contributed by atoms with Crippen molar-refractivity contribution in [3.63, 3.8) is 0 Å². The Kier molecular flexibility index (Phi) is 5.18. The fourth-order valence-corrected chi connectivity index (χ4v) is 2.50. The molecule has 2 aromatic heterocycles. The Morgan fingerprint density at radius 2 is 1.83 bits per heavy atom. The van der Waals surface area contributed by atoms with Crippen molar-refractivity contribution in [2.45, 2.75) is 6.54 Å². The minimum Gasteiger partial charge on any atom is -0.381 e. The highest BCUT2D eigenvalue weighted by Gasteiger charge is 2.10. The number of hydrogen-bond donors (Lipinski definition) is 2. The summed E-state index contributed by atoms with van der Waals surface area (Å²) in [6, 6.07) is 14.9. The van der Waals surface area contributed by atoms with E-state index in [0.717, 1.165) is 15.7 Å². The Bertz CT molecular complexity index is 839. The molecule has 0 spiro atoms. The number of benzene rings is 1. The van der Waals surface area contributed by atoms with Gasteiger partial charge in [0.25, 0.3) is 5.91 Å². The molecule has 0 aliphatic heterocycles. The molecule has 0 bridgehead atoms. The van der Waals surface area contributed by atoms with Gasteiger partial charge in [0, 0.05) is 35.3 Å². The van der Waals surface area contributed by atoms with Crippen molar-refractivity contribution < 1.29 is 4.79 Å². The van der Waals surface area contributed by atoms with Gasteiger partial charge in [0.1, 0.15) is 5.69 Å². The van der Waals surface area contributed by atoms with Gasteiger partial charge in [-0.05, 0) is 57.9 Å². The number of anilines is 2. The van der Waals surface area contributed by atoms with Crippen LogP contribution in [0.15, 0.2) is 71.6 Å². The first kappa shape index (κ1) is 16.1. The number of rotatable bonds is 5. The van der Waals surface area contributed by atoms with Crippen LogP contribution >= 0.6 is 15.9 Å². The van der Waals surface area contributed by atoms with Gasteiger partial charge < -0.3 is 10.6 Å². The summed E-state index contributed by atoms with van der Waals surface area (Å²) in [6.07, 6.45) is 5.12. The number of para-hydroxylation sites is 1. The highest BCUT2D eigenvalue weighted by Crippen LogP contribution is 2.22. The van der Waals surface area contributed by atoms with E-state index in [-0.39, 0.29) is 5.91 Å². The Hall–Kier alpha value is -2.73. The average Bonchev–Trinajstić information content (AvgIpc) is 2.63. The van der Waals surface area contributed by atoms with Crippen molar-refractivity contribution in [3.05, 3.63) is 82.9 Å². The van der Waals surface area contributed by atoms with E-state index in [9.17, 15) is 4.79 Å². The van der Waals surface area contributed by atoms with Crippen LogP contribution in [-0.4, -0.2) is 15.9 Å². The summed E-state index contributed by atoms with van der Waals surface area (Å²) in [5.74, 6) is -0.255. The van der Waals surface area contributed by atoms with E-state index < -0.39 is 0 Å². The maximum atomic E-state index is 12.4. The quantitative estimate of drug-likeness (QED) is 0.696. The number of carbonyl (C=O) groups excluding carboxylic acids is 1. The molecular formula is C18H15BrN4O. The molecule has 0 unspecified atom stereocenters. The molecule has 0 aliphatic rings. The standard InChI is InChI=1S/C18H15BrN4O/c19-15-3-1-2-4-16(15)23-18(24)17-11-14(7-10-21-17)22-12-13-5-8-20-9-6-13/h1-11H,12H2,(H,21,22)(H,23,24). The number of halogens is 1. The Morgan fingerprint density at radius 3 is 2.62 bits per heavy atom. The number of nitrogens with zero attached hydrogens (tertiary/aromatic N) is 2. The van der Waals surface area contributed by atoms with Crippen molar-refractivity contribution in [2.75, 3.05) is 10.6 Å². The second-order valence-corrected chi connectivity index (χ2v) is 5.93. The molecule has 3 aromatic rings. The molecular weight excluding hydrogens is 368 g/mol. The maximum absolute atomic E-state index is 12.4. The molecule has 0 atom stereocenters. The minimum absolute atomic E-state index is 0.255. The van der Waals surface area contributed by atoms with Gasteiger partial charge in [-0.2, -0.15) is 0 Å². The maximum Gasteiger partial charge on any atom is 0.274 e. The molecule has 0 saturated heterocycles. The summed E-state index contributed by atoms with van der Waals surface area (Å²) >= 11 is 3.41. The van der Waals surface area contributed by atoms with Crippen molar-refractivity contribution in [1.82, 2.24) is 9.97 Å². The first-order valence-electron chi connectivity index (χ1n) is 7.37. The normalized spacial score (nSPS) is 10.2. The van der Waals surface area contributed by atoms with Gasteiger partial charge in [0.15, 0.2) is 0 Å². The number of amides is 1. The molecule has 24 heavy (non-hydrogen) atoms. The van der Waals surface area contributed by atoms with Crippen LogP contribution in [0.4, 0.5) is 11.4 Å². The molecule has 1 amide bonds. The fourth-order valence-electron chi connectivity index (χ4n) is 2.12. The van der Waals surface area contributed by atoms with Crippen LogP contribution in [0.5, 0.6) is 0 Å². The van der Waals surface area contributed by atoms with E-state index in [0.29, 0.717) is 17.9 Å². The molecule has 0 aliphatic carbocycles. The zero-order valence-electron chi connectivity index (χ0n) is 12.7. The van der Waals surface area contributed by atoms with Crippen molar-refractivity contribution in [1.29, 1.82) is 0 Å². The van der Waals surface area contributed by atoms with E-state index >= 15 is 0 Å². The highest BCUT2D eigenvalue weighted by molar-refractivity contribution is 9.10. The second-order valence-electron chi connectivity index (χ2n) is 5.07. The largest absolute Gasteiger partial charge is 0.381 e. The summed E-state index contributed by atoms with van der Waals surface area (Å²) in [5, 5.41) is 6.12. The Morgan fingerprint density at radius 1 is 1.04 bits per heavy atom. The number of aromatic nitrogens is 2. The van der Waals surface area contributed by atoms with Gasteiger partial charge in [-0.15, -0.1) is 0 Å². The SMILES string of the molecule is O=C(Nc1ccccc1Br)c1cc(NCc2ccncc2)ccn1. The zero-order valence-corrected chi connectivity index (χ0v) is 14.3. The van der Waals surface area contributed by atoms with Gasteiger partial charge in [-0.3, -0.25) is 14.8 Å². The summed E-state index contributed by atoms with van der Waals surface area (Å²) in [5.41, 5.74) is 3.00. The lowest BCUT2D eigenvalue weighted by molar-refractivity contribution is 0.102. The van der Waals surface area contributed by atoms with Crippen molar-refractivity contribution in [2.24, 2.45) is 0 Å². The van der Waals surface area contributed by atoms with Crippen molar-refractivity contribution >= 4 is 33.2 Å². The third-order valence-corrected chi connectivity index (χ3v) is 4.05. The number of pyridine rings is 2. The second kappa shape index (κ2) is 7.70. The average molecular weight is 383 g/mol. The van der Waals surface area contributed by atoms with Gasteiger partial charge in [-0.25, -0.2) is 0 Å². The number of hydrogen-bond acceptors (Lipinski definition) is 4. The molecule has 0 saturated carbocycles. The molecule has 6 heteroatoms.